The second kappa shape index (κ2) is 6.71. The zero-order chi connectivity index (χ0) is 15.4. The first kappa shape index (κ1) is 15.5. The summed E-state index contributed by atoms with van der Waals surface area (Å²) < 4.78 is 14.7. The number of carbonyl (C=O) groups excluding carboxylic acids is 1. The standard InChI is InChI=1S/C14H17FN4OS/c1-4-21-14-18-17-12(19(14)3)9(2)16-13(20)10-5-7-11(15)8-6-10/h5-9H,4H2,1-3H3,(H,16,20). The zero-order valence-electron chi connectivity index (χ0n) is 12.1. The van der Waals surface area contributed by atoms with Crippen molar-refractivity contribution in [3.8, 4) is 0 Å². The summed E-state index contributed by atoms with van der Waals surface area (Å²) in [5.41, 5.74) is 0.411. The van der Waals surface area contributed by atoms with Crippen LogP contribution in [-0.4, -0.2) is 26.4 Å². The molecular formula is C14H17FN4OS. The third-order valence-corrected chi connectivity index (χ3v) is 3.89. The van der Waals surface area contributed by atoms with E-state index in [1.807, 2.05) is 25.5 Å². The van der Waals surface area contributed by atoms with E-state index in [9.17, 15) is 9.18 Å². The second-order valence-corrected chi connectivity index (χ2v) is 5.77. The Kier molecular flexibility index (Phi) is 4.95. The first-order valence-corrected chi connectivity index (χ1v) is 7.60. The quantitative estimate of drug-likeness (QED) is 0.862. The number of amides is 1. The van der Waals surface area contributed by atoms with Gasteiger partial charge in [0.15, 0.2) is 11.0 Å². The van der Waals surface area contributed by atoms with Crippen molar-refractivity contribution in [2.45, 2.75) is 25.0 Å². The predicted octanol–water partition coefficient (Wildman–Crippen LogP) is 2.56. The summed E-state index contributed by atoms with van der Waals surface area (Å²) in [6.07, 6.45) is 0. The van der Waals surface area contributed by atoms with Gasteiger partial charge in [0, 0.05) is 12.6 Å². The van der Waals surface area contributed by atoms with Crippen molar-refractivity contribution in [3.05, 3.63) is 41.5 Å². The molecule has 0 bridgehead atoms. The molecule has 112 valence electrons. The maximum atomic E-state index is 12.9. The maximum absolute atomic E-state index is 12.9. The molecule has 1 aromatic carbocycles. The van der Waals surface area contributed by atoms with E-state index >= 15 is 0 Å². The maximum Gasteiger partial charge on any atom is 0.251 e. The normalized spacial score (nSPS) is 12.2. The van der Waals surface area contributed by atoms with E-state index in [1.165, 1.54) is 24.3 Å². The van der Waals surface area contributed by atoms with Crippen LogP contribution in [0.4, 0.5) is 4.39 Å². The van der Waals surface area contributed by atoms with Crippen LogP contribution in [0.5, 0.6) is 0 Å². The van der Waals surface area contributed by atoms with Crippen LogP contribution >= 0.6 is 11.8 Å². The fourth-order valence-corrected chi connectivity index (χ4v) is 2.55. The van der Waals surface area contributed by atoms with Crippen LogP contribution in [0.2, 0.25) is 0 Å². The summed E-state index contributed by atoms with van der Waals surface area (Å²) in [5, 5.41) is 11.9. The van der Waals surface area contributed by atoms with Gasteiger partial charge in [-0.15, -0.1) is 10.2 Å². The molecule has 0 saturated carbocycles. The molecule has 0 aliphatic rings. The number of thioether (sulfide) groups is 1. The molecule has 1 amide bonds. The monoisotopic (exact) mass is 308 g/mol. The van der Waals surface area contributed by atoms with Crippen molar-refractivity contribution in [2.24, 2.45) is 7.05 Å². The SMILES string of the molecule is CCSc1nnc(C(C)NC(=O)c2ccc(F)cc2)n1C. The number of carbonyl (C=O) groups is 1. The van der Waals surface area contributed by atoms with E-state index in [2.05, 4.69) is 15.5 Å². The molecule has 0 radical (unpaired) electrons. The number of hydrogen-bond donors (Lipinski definition) is 1. The number of nitrogens with zero attached hydrogens (tertiary/aromatic N) is 3. The van der Waals surface area contributed by atoms with Crippen LogP contribution in [-0.2, 0) is 7.05 Å². The van der Waals surface area contributed by atoms with Gasteiger partial charge >= 0.3 is 0 Å². The highest BCUT2D eigenvalue weighted by Gasteiger charge is 2.18. The summed E-state index contributed by atoms with van der Waals surface area (Å²) in [5.74, 6) is 0.952. The summed E-state index contributed by atoms with van der Waals surface area (Å²) in [4.78, 5) is 12.1. The minimum absolute atomic E-state index is 0.268. The lowest BCUT2D eigenvalue weighted by atomic mass is 10.2. The fraction of sp³-hybridized carbons (Fsp3) is 0.357. The van der Waals surface area contributed by atoms with Gasteiger partial charge in [0.1, 0.15) is 5.82 Å². The number of nitrogens with one attached hydrogen (secondary N) is 1. The average Bonchev–Trinajstić information content (AvgIpc) is 2.81. The van der Waals surface area contributed by atoms with Gasteiger partial charge in [0.2, 0.25) is 0 Å². The molecular weight excluding hydrogens is 291 g/mol. The lowest BCUT2D eigenvalue weighted by Gasteiger charge is -2.13. The Morgan fingerprint density at radius 1 is 1.38 bits per heavy atom. The molecule has 2 rings (SSSR count). The third-order valence-electron chi connectivity index (χ3n) is 2.98. The van der Waals surface area contributed by atoms with Gasteiger partial charge in [-0.05, 0) is 36.9 Å². The Hall–Kier alpha value is -1.89. The van der Waals surface area contributed by atoms with E-state index in [1.54, 1.807) is 11.8 Å². The van der Waals surface area contributed by atoms with Crippen molar-refractivity contribution in [1.29, 1.82) is 0 Å². The molecule has 0 aliphatic carbocycles. The van der Waals surface area contributed by atoms with Crippen LogP contribution in [0.25, 0.3) is 0 Å². The van der Waals surface area contributed by atoms with Crippen molar-refractivity contribution in [2.75, 3.05) is 5.75 Å². The van der Waals surface area contributed by atoms with E-state index < -0.39 is 0 Å². The first-order valence-electron chi connectivity index (χ1n) is 6.61. The number of rotatable bonds is 5. The highest BCUT2D eigenvalue weighted by Crippen LogP contribution is 2.18. The molecule has 0 spiro atoms. The van der Waals surface area contributed by atoms with Crippen molar-refractivity contribution >= 4 is 17.7 Å². The van der Waals surface area contributed by atoms with Gasteiger partial charge in [-0.3, -0.25) is 4.79 Å². The molecule has 1 unspecified atom stereocenters. The van der Waals surface area contributed by atoms with Crippen molar-refractivity contribution < 1.29 is 9.18 Å². The highest BCUT2D eigenvalue weighted by atomic mass is 32.2. The van der Waals surface area contributed by atoms with E-state index in [4.69, 9.17) is 0 Å². The van der Waals surface area contributed by atoms with Gasteiger partial charge in [0.05, 0.1) is 6.04 Å². The third kappa shape index (κ3) is 3.60. The smallest absolute Gasteiger partial charge is 0.251 e. The second-order valence-electron chi connectivity index (χ2n) is 4.53. The zero-order valence-corrected chi connectivity index (χ0v) is 12.9. The summed E-state index contributed by atoms with van der Waals surface area (Å²) in [6, 6.07) is 5.14. The van der Waals surface area contributed by atoms with Crippen LogP contribution in [0.3, 0.4) is 0 Å². The Balaban J connectivity index is 2.08. The predicted molar refractivity (Wildman–Crippen MR) is 79.7 cm³/mol. The van der Waals surface area contributed by atoms with Gasteiger partial charge < -0.3 is 9.88 Å². The summed E-state index contributed by atoms with van der Waals surface area (Å²) >= 11 is 1.59. The van der Waals surface area contributed by atoms with Crippen LogP contribution in [0, 0.1) is 5.82 Å². The fourth-order valence-electron chi connectivity index (χ4n) is 1.90. The molecule has 0 aliphatic heterocycles. The molecule has 21 heavy (non-hydrogen) atoms. The molecule has 7 heteroatoms. The van der Waals surface area contributed by atoms with Gasteiger partial charge in [-0.25, -0.2) is 4.39 Å². The Bertz CT molecular complexity index is 626. The molecule has 5 nitrogen and oxygen atoms in total. The number of benzene rings is 1. The Morgan fingerprint density at radius 2 is 2.05 bits per heavy atom. The molecule has 2 aromatic rings. The van der Waals surface area contributed by atoms with Crippen LogP contribution in [0.15, 0.2) is 29.4 Å². The van der Waals surface area contributed by atoms with Gasteiger partial charge in [-0.1, -0.05) is 18.7 Å². The molecule has 1 atom stereocenters. The number of halogens is 1. The molecule has 1 N–H and O–H groups in total. The molecule has 1 heterocycles. The molecule has 1 aromatic heterocycles. The summed E-state index contributed by atoms with van der Waals surface area (Å²) in [7, 11) is 1.87. The van der Waals surface area contributed by atoms with E-state index in [0.717, 1.165) is 10.9 Å². The van der Waals surface area contributed by atoms with Crippen LogP contribution < -0.4 is 5.32 Å². The largest absolute Gasteiger partial charge is 0.342 e. The molecule has 0 saturated heterocycles. The minimum atomic E-state index is -0.367. The number of aromatic nitrogens is 3. The number of hydrogen-bond acceptors (Lipinski definition) is 4. The Labute approximate surface area is 127 Å². The lowest BCUT2D eigenvalue weighted by molar-refractivity contribution is 0.0937. The minimum Gasteiger partial charge on any atom is -0.342 e. The average molecular weight is 308 g/mol. The topological polar surface area (TPSA) is 59.8 Å². The van der Waals surface area contributed by atoms with Crippen molar-refractivity contribution in [3.63, 3.8) is 0 Å². The van der Waals surface area contributed by atoms with Crippen LogP contribution in [0.1, 0.15) is 36.1 Å². The lowest BCUT2D eigenvalue weighted by Crippen LogP contribution is -2.28. The van der Waals surface area contributed by atoms with Gasteiger partial charge in [0.25, 0.3) is 5.91 Å². The van der Waals surface area contributed by atoms with E-state index in [-0.39, 0.29) is 17.8 Å². The summed E-state index contributed by atoms with van der Waals surface area (Å²) in [6.45, 7) is 3.88. The van der Waals surface area contributed by atoms with Crippen molar-refractivity contribution in [1.82, 2.24) is 20.1 Å². The van der Waals surface area contributed by atoms with E-state index in [0.29, 0.717) is 11.4 Å². The highest BCUT2D eigenvalue weighted by molar-refractivity contribution is 7.99. The van der Waals surface area contributed by atoms with Gasteiger partial charge in [-0.2, -0.15) is 0 Å². The first-order chi connectivity index (χ1) is 10.0. The molecule has 0 fully saturated rings. The Morgan fingerprint density at radius 3 is 2.67 bits per heavy atom.